The Hall–Kier alpha value is -0.813. The largest absolute Gasteiger partial charge is 0.360 e. The van der Waals surface area contributed by atoms with Crippen LogP contribution in [-0.2, 0) is 18.5 Å². The maximum Gasteiger partial charge on any atom is 0.266 e. The summed E-state index contributed by atoms with van der Waals surface area (Å²) >= 11 is 0. The van der Waals surface area contributed by atoms with Crippen molar-refractivity contribution in [2.24, 2.45) is 7.05 Å². The smallest absolute Gasteiger partial charge is 0.266 e. The van der Waals surface area contributed by atoms with Crippen molar-refractivity contribution in [1.29, 1.82) is 0 Å². The Morgan fingerprint density at radius 3 is 2.44 bits per heavy atom. The van der Waals surface area contributed by atoms with Crippen LogP contribution in [0.2, 0.25) is 25.7 Å². The lowest BCUT2D eigenvalue weighted by molar-refractivity contribution is 0.0687. The van der Waals surface area contributed by atoms with Gasteiger partial charge in [-0.1, -0.05) is 19.6 Å². The summed E-state index contributed by atoms with van der Waals surface area (Å²) in [7, 11) is 0.741. The molecule has 0 saturated carbocycles. The van der Waals surface area contributed by atoms with E-state index in [9.17, 15) is 4.79 Å². The molecule has 0 N–H and O–H groups in total. The highest BCUT2D eigenvalue weighted by molar-refractivity contribution is 6.76. The second-order valence-electron chi connectivity index (χ2n) is 5.40. The summed E-state index contributed by atoms with van der Waals surface area (Å²) in [5.41, 5.74) is 0.965. The van der Waals surface area contributed by atoms with Crippen molar-refractivity contribution in [1.82, 2.24) is 9.36 Å². The van der Waals surface area contributed by atoms with E-state index in [-0.39, 0.29) is 5.56 Å². The monoisotopic (exact) mass is 242 g/mol. The maximum absolute atomic E-state index is 11.3. The Kier molecular flexibility index (Phi) is 4.15. The second kappa shape index (κ2) is 5.01. The van der Waals surface area contributed by atoms with Crippen LogP contribution in [-0.4, -0.2) is 24.0 Å². The summed E-state index contributed by atoms with van der Waals surface area (Å²) in [5, 5.41) is 0. The first-order chi connectivity index (χ1) is 7.31. The molecular weight excluding hydrogens is 220 g/mol. The molecule has 0 unspecified atom stereocenters. The van der Waals surface area contributed by atoms with Crippen molar-refractivity contribution in [3.8, 4) is 0 Å². The van der Waals surface area contributed by atoms with Gasteiger partial charge in [-0.3, -0.25) is 14.2 Å². The van der Waals surface area contributed by atoms with Crippen molar-refractivity contribution < 1.29 is 4.74 Å². The number of aryl methyl sites for hydroxylation is 1. The number of hydrogen-bond donors (Lipinski definition) is 0. The van der Waals surface area contributed by atoms with Crippen LogP contribution in [0.4, 0.5) is 0 Å². The molecule has 0 atom stereocenters. The average molecular weight is 242 g/mol. The average Bonchev–Trinajstić information content (AvgIpc) is 2.36. The third-order valence-corrected chi connectivity index (χ3v) is 4.33. The Morgan fingerprint density at radius 2 is 2.00 bits per heavy atom. The standard InChI is InChI=1S/C11H22N2O2Si/c1-10-8-11(14)12(2)13(10)9-15-6-7-16(3,4)5/h8H,6-7,9H2,1-5H3. The van der Waals surface area contributed by atoms with Gasteiger partial charge in [-0.05, 0) is 13.0 Å². The fraction of sp³-hybridized carbons (Fsp3) is 0.727. The third-order valence-electron chi connectivity index (χ3n) is 2.63. The fourth-order valence-electron chi connectivity index (χ4n) is 1.42. The van der Waals surface area contributed by atoms with Crippen molar-refractivity contribution in [2.45, 2.75) is 39.3 Å². The van der Waals surface area contributed by atoms with Crippen molar-refractivity contribution in [2.75, 3.05) is 6.61 Å². The Labute approximate surface area is 97.8 Å². The van der Waals surface area contributed by atoms with Crippen LogP contribution in [0.15, 0.2) is 10.9 Å². The number of ether oxygens (including phenoxy) is 1. The molecule has 0 spiro atoms. The lowest BCUT2D eigenvalue weighted by Crippen LogP contribution is -2.24. The van der Waals surface area contributed by atoms with Gasteiger partial charge in [-0.15, -0.1) is 0 Å². The zero-order valence-corrected chi connectivity index (χ0v) is 11.9. The molecule has 0 fully saturated rings. The van der Waals surface area contributed by atoms with Crippen molar-refractivity contribution in [3.63, 3.8) is 0 Å². The SMILES string of the molecule is Cc1cc(=O)n(C)n1COCC[Si](C)(C)C. The topological polar surface area (TPSA) is 36.2 Å². The van der Waals surface area contributed by atoms with Crippen molar-refractivity contribution in [3.05, 3.63) is 22.1 Å². The quantitative estimate of drug-likeness (QED) is 0.583. The van der Waals surface area contributed by atoms with E-state index in [1.807, 2.05) is 11.6 Å². The minimum absolute atomic E-state index is 0.0197. The summed E-state index contributed by atoms with van der Waals surface area (Å²) in [6.07, 6.45) is 0. The molecule has 0 aliphatic carbocycles. The molecule has 1 aromatic heterocycles. The molecule has 4 nitrogen and oxygen atoms in total. The van der Waals surface area contributed by atoms with E-state index in [0.717, 1.165) is 18.3 Å². The summed E-state index contributed by atoms with van der Waals surface area (Å²) in [5.74, 6) is 0. The molecule has 5 heteroatoms. The summed E-state index contributed by atoms with van der Waals surface area (Å²) in [6, 6.07) is 2.78. The maximum atomic E-state index is 11.3. The van der Waals surface area contributed by atoms with Gasteiger partial charge >= 0.3 is 0 Å². The number of rotatable bonds is 5. The van der Waals surface area contributed by atoms with Gasteiger partial charge in [-0.25, -0.2) is 0 Å². The lowest BCUT2D eigenvalue weighted by Gasteiger charge is -2.16. The van der Waals surface area contributed by atoms with Gasteiger partial charge in [0.25, 0.3) is 5.56 Å². The normalized spacial score (nSPS) is 12.1. The Morgan fingerprint density at radius 1 is 1.38 bits per heavy atom. The molecule has 0 bridgehead atoms. The van der Waals surface area contributed by atoms with E-state index in [1.54, 1.807) is 17.8 Å². The molecule has 0 aliphatic rings. The molecule has 0 amide bonds. The van der Waals surface area contributed by atoms with Gasteiger partial charge in [0.15, 0.2) is 0 Å². The molecule has 0 aliphatic heterocycles. The van der Waals surface area contributed by atoms with Crippen LogP contribution in [0.3, 0.4) is 0 Å². The molecule has 0 aromatic carbocycles. The highest BCUT2D eigenvalue weighted by Gasteiger charge is 2.12. The first-order valence-corrected chi connectivity index (χ1v) is 9.33. The van der Waals surface area contributed by atoms with E-state index < -0.39 is 8.07 Å². The van der Waals surface area contributed by atoms with Crippen LogP contribution in [0.1, 0.15) is 5.69 Å². The van der Waals surface area contributed by atoms with E-state index >= 15 is 0 Å². The molecule has 0 saturated heterocycles. The van der Waals surface area contributed by atoms with Gasteiger partial charge in [0.2, 0.25) is 0 Å². The number of aromatic nitrogens is 2. The summed E-state index contributed by atoms with van der Waals surface area (Å²) in [4.78, 5) is 11.3. The molecule has 0 radical (unpaired) electrons. The van der Waals surface area contributed by atoms with Gasteiger partial charge in [0.1, 0.15) is 6.73 Å². The highest BCUT2D eigenvalue weighted by atomic mass is 28.3. The molecule has 1 heterocycles. The van der Waals surface area contributed by atoms with Gasteiger partial charge in [-0.2, -0.15) is 0 Å². The van der Waals surface area contributed by atoms with Crippen LogP contribution in [0, 0.1) is 6.92 Å². The van der Waals surface area contributed by atoms with Crippen LogP contribution in [0.5, 0.6) is 0 Å². The Balaban J connectivity index is 2.47. The highest BCUT2D eigenvalue weighted by Crippen LogP contribution is 2.08. The van der Waals surface area contributed by atoms with Gasteiger partial charge in [0, 0.05) is 33.5 Å². The zero-order valence-electron chi connectivity index (χ0n) is 10.9. The molecule has 16 heavy (non-hydrogen) atoms. The predicted molar refractivity (Wildman–Crippen MR) is 68.5 cm³/mol. The molecule has 92 valence electrons. The van der Waals surface area contributed by atoms with Crippen molar-refractivity contribution >= 4 is 8.07 Å². The van der Waals surface area contributed by atoms with Gasteiger partial charge in [0.05, 0.1) is 0 Å². The molecular formula is C11H22N2O2Si. The lowest BCUT2D eigenvalue weighted by atomic mass is 10.5. The third kappa shape index (κ3) is 3.64. The predicted octanol–water partition coefficient (Wildman–Crippen LogP) is 1.81. The Bertz CT molecular complexity index is 401. The summed E-state index contributed by atoms with van der Waals surface area (Å²) in [6.45, 7) is 10.1. The zero-order chi connectivity index (χ0) is 12.3. The molecule has 1 rings (SSSR count). The van der Waals surface area contributed by atoms with E-state index in [2.05, 4.69) is 19.6 Å². The van der Waals surface area contributed by atoms with E-state index in [1.165, 1.54) is 0 Å². The minimum atomic E-state index is -1.02. The van der Waals surface area contributed by atoms with E-state index in [4.69, 9.17) is 4.74 Å². The first-order valence-electron chi connectivity index (χ1n) is 5.62. The fourth-order valence-corrected chi connectivity index (χ4v) is 2.18. The van der Waals surface area contributed by atoms with Gasteiger partial charge < -0.3 is 4.74 Å². The summed E-state index contributed by atoms with van der Waals surface area (Å²) < 4.78 is 9.05. The molecule has 1 aromatic rings. The number of hydrogen-bond acceptors (Lipinski definition) is 2. The minimum Gasteiger partial charge on any atom is -0.360 e. The van der Waals surface area contributed by atoms with E-state index in [0.29, 0.717) is 6.73 Å². The van der Waals surface area contributed by atoms with Crippen LogP contribution in [0.25, 0.3) is 0 Å². The van der Waals surface area contributed by atoms with Crippen LogP contribution >= 0.6 is 0 Å². The van der Waals surface area contributed by atoms with Crippen LogP contribution < -0.4 is 5.56 Å². The number of nitrogens with zero attached hydrogens (tertiary/aromatic N) is 2. The second-order valence-corrected chi connectivity index (χ2v) is 11.0. The first kappa shape index (κ1) is 13.3.